The SMILES string of the molecule is Cc1cc(C)c2c(c1)NCC(c1ccc(F)cc1)C2. The van der Waals surface area contributed by atoms with Crippen LogP contribution in [0, 0.1) is 19.7 Å². The Morgan fingerprint density at radius 2 is 1.84 bits per heavy atom. The van der Waals surface area contributed by atoms with Crippen molar-refractivity contribution in [2.45, 2.75) is 26.2 Å². The number of benzene rings is 2. The van der Waals surface area contributed by atoms with Crippen molar-refractivity contribution in [3.8, 4) is 0 Å². The van der Waals surface area contributed by atoms with E-state index in [9.17, 15) is 4.39 Å². The molecule has 1 aliphatic rings. The van der Waals surface area contributed by atoms with Crippen LogP contribution in [-0.2, 0) is 6.42 Å². The molecule has 0 spiro atoms. The zero-order chi connectivity index (χ0) is 13.4. The Hall–Kier alpha value is -1.83. The van der Waals surface area contributed by atoms with E-state index in [2.05, 4.69) is 31.3 Å². The minimum absolute atomic E-state index is 0.167. The van der Waals surface area contributed by atoms with E-state index >= 15 is 0 Å². The third-order valence-electron chi connectivity index (χ3n) is 3.95. The molecule has 0 saturated heterocycles. The Balaban J connectivity index is 1.92. The van der Waals surface area contributed by atoms with E-state index in [0.717, 1.165) is 13.0 Å². The summed E-state index contributed by atoms with van der Waals surface area (Å²) in [5.41, 5.74) is 6.50. The van der Waals surface area contributed by atoms with E-state index in [1.165, 1.54) is 27.9 Å². The first-order chi connectivity index (χ1) is 9.13. The zero-order valence-corrected chi connectivity index (χ0v) is 11.3. The molecule has 0 bridgehead atoms. The van der Waals surface area contributed by atoms with Gasteiger partial charge in [-0.15, -0.1) is 0 Å². The lowest BCUT2D eigenvalue weighted by atomic mass is 9.86. The van der Waals surface area contributed by atoms with Gasteiger partial charge >= 0.3 is 0 Å². The van der Waals surface area contributed by atoms with Crippen molar-refractivity contribution in [1.29, 1.82) is 0 Å². The van der Waals surface area contributed by atoms with Crippen molar-refractivity contribution in [1.82, 2.24) is 0 Å². The molecule has 0 saturated carbocycles. The van der Waals surface area contributed by atoms with Crippen LogP contribution in [0.25, 0.3) is 0 Å². The molecule has 0 radical (unpaired) electrons. The third kappa shape index (κ3) is 2.35. The topological polar surface area (TPSA) is 12.0 Å². The fourth-order valence-corrected chi connectivity index (χ4v) is 2.95. The van der Waals surface area contributed by atoms with Gasteiger partial charge in [-0.2, -0.15) is 0 Å². The smallest absolute Gasteiger partial charge is 0.123 e. The number of aryl methyl sites for hydroxylation is 2. The quantitative estimate of drug-likeness (QED) is 0.805. The predicted octanol–water partition coefficient (Wildman–Crippen LogP) is 4.19. The van der Waals surface area contributed by atoms with Crippen LogP contribution >= 0.6 is 0 Å². The number of nitrogens with one attached hydrogen (secondary N) is 1. The van der Waals surface area contributed by atoms with Crippen molar-refractivity contribution >= 4 is 5.69 Å². The second kappa shape index (κ2) is 4.69. The summed E-state index contributed by atoms with van der Waals surface area (Å²) in [6.07, 6.45) is 1.03. The Bertz CT molecular complexity index is 601. The molecule has 1 N–H and O–H groups in total. The molecule has 1 heterocycles. The van der Waals surface area contributed by atoms with Crippen molar-refractivity contribution in [2.24, 2.45) is 0 Å². The summed E-state index contributed by atoms with van der Waals surface area (Å²) >= 11 is 0. The largest absolute Gasteiger partial charge is 0.384 e. The summed E-state index contributed by atoms with van der Waals surface area (Å²) in [6.45, 7) is 5.21. The third-order valence-corrected chi connectivity index (χ3v) is 3.95. The second-order valence-electron chi connectivity index (χ2n) is 5.44. The van der Waals surface area contributed by atoms with Crippen LogP contribution in [-0.4, -0.2) is 6.54 Å². The maximum Gasteiger partial charge on any atom is 0.123 e. The molecule has 98 valence electrons. The Labute approximate surface area is 113 Å². The molecular weight excluding hydrogens is 237 g/mol. The summed E-state index contributed by atoms with van der Waals surface area (Å²) in [6, 6.07) is 11.3. The van der Waals surface area contributed by atoms with Gasteiger partial charge in [-0.25, -0.2) is 4.39 Å². The van der Waals surface area contributed by atoms with Crippen LogP contribution < -0.4 is 5.32 Å². The van der Waals surface area contributed by atoms with Gasteiger partial charge < -0.3 is 5.32 Å². The first-order valence-electron chi connectivity index (χ1n) is 6.73. The molecule has 0 fully saturated rings. The highest BCUT2D eigenvalue weighted by atomic mass is 19.1. The number of fused-ring (bicyclic) bond motifs is 1. The Kier molecular flexibility index (Phi) is 3.02. The van der Waals surface area contributed by atoms with E-state index in [1.807, 2.05) is 12.1 Å². The van der Waals surface area contributed by atoms with Gasteiger partial charge in [0.05, 0.1) is 0 Å². The number of anilines is 1. The molecule has 1 aliphatic heterocycles. The molecule has 1 unspecified atom stereocenters. The van der Waals surface area contributed by atoms with Crippen molar-refractivity contribution in [2.75, 3.05) is 11.9 Å². The molecule has 2 aromatic carbocycles. The van der Waals surface area contributed by atoms with E-state index < -0.39 is 0 Å². The molecule has 19 heavy (non-hydrogen) atoms. The summed E-state index contributed by atoms with van der Waals surface area (Å²) in [7, 11) is 0. The van der Waals surface area contributed by atoms with Gasteiger partial charge in [-0.1, -0.05) is 18.2 Å². The normalized spacial score (nSPS) is 17.7. The predicted molar refractivity (Wildman–Crippen MR) is 77.3 cm³/mol. The van der Waals surface area contributed by atoms with Gasteiger partial charge in [-0.05, 0) is 60.7 Å². The van der Waals surface area contributed by atoms with Crippen LogP contribution in [0.5, 0.6) is 0 Å². The highest BCUT2D eigenvalue weighted by Gasteiger charge is 2.21. The Morgan fingerprint density at radius 1 is 1.11 bits per heavy atom. The van der Waals surface area contributed by atoms with Crippen molar-refractivity contribution < 1.29 is 4.39 Å². The molecule has 1 atom stereocenters. The molecule has 2 aromatic rings. The zero-order valence-electron chi connectivity index (χ0n) is 11.3. The van der Waals surface area contributed by atoms with Crippen LogP contribution in [0.4, 0.5) is 10.1 Å². The molecular formula is C17H18FN. The van der Waals surface area contributed by atoms with Gasteiger partial charge in [0.15, 0.2) is 0 Å². The van der Waals surface area contributed by atoms with Crippen molar-refractivity contribution in [3.63, 3.8) is 0 Å². The summed E-state index contributed by atoms with van der Waals surface area (Å²) < 4.78 is 13.0. The maximum absolute atomic E-state index is 13.0. The lowest BCUT2D eigenvalue weighted by Gasteiger charge is -2.28. The number of hydrogen-bond acceptors (Lipinski definition) is 1. The minimum Gasteiger partial charge on any atom is -0.384 e. The number of hydrogen-bond donors (Lipinski definition) is 1. The van der Waals surface area contributed by atoms with Crippen LogP contribution in [0.3, 0.4) is 0 Å². The van der Waals surface area contributed by atoms with Crippen LogP contribution in [0.15, 0.2) is 36.4 Å². The summed E-state index contributed by atoms with van der Waals surface area (Å²) in [5, 5.41) is 3.51. The molecule has 0 amide bonds. The molecule has 0 aromatic heterocycles. The van der Waals surface area contributed by atoms with Gasteiger partial charge in [0.25, 0.3) is 0 Å². The van der Waals surface area contributed by atoms with Gasteiger partial charge in [0, 0.05) is 18.2 Å². The van der Waals surface area contributed by atoms with Gasteiger partial charge in [0.2, 0.25) is 0 Å². The van der Waals surface area contributed by atoms with E-state index in [0.29, 0.717) is 5.92 Å². The molecule has 0 aliphatic carbocycles. The fraction of sp³-hybridized carbons (Fsp3) is 0.294. The maximum atomic E-state index is 13.0. The van der Waals surface area contributed by atoms with E-state index in [-0.39, 0.29) is 5.82 Å². The van der Waals surface area contributed by atoms with E-state index in [1.54, 1.807) is 12.1 Å². The van der Waals surface area contributed by atoms with Crippen molar-refractivity contribution in [3.05, 3.63) is 64.5 Å². The first-order valence-corrected chi connectivity index (χ1v) is 6.73. The van der Waals surface area contributed by atoms with Gasteiger partial charge in [0.1, 0.15) is 5.82 Å². The highest BCUT2D eigenvalue weighted by molar-refractivity contribution is 5.59. The minimum atomic E-state index is -0.167. The number of halogens is 1. The molecule has 3 rings (SSSR count). The van der Waals surface area contributed by atoms with Crippen LogP contribution in [0.1, 0.15) is 28.2 Å². The summed E-state index contributed by atoms with van der Waals surface area (Å²) in [5.74, 6) is 0.259. The standard InChI is InChI=1S/C17H18FN/c1-11-7-12(2)16-9-14(10-19-17(16)8-11)13-3-5-15(18)6-4-13/h3-8,14,19H,9-10H2,1-2H3. The average Bonchev–Trinajstić information content (AvgIpc) is 2.39. The Morgan fingerprint density at radius 3 is 2.58 bits per heavy atom. The number of rotatable bonds is 1. The molecule has 2 heteroatoms. The monoisotopic (exact) mass is 255 g/mol. The lowest BCUT2D eigenvalue weighted by molar-refractivity contribution is 0.623. The average molecular weight is 255 g/mol. The van der Waals surface area contributed by atoms with Crippen LogP contribution in [0.2, 0.25) is 0 Å². The first kappa shape index (κ1) is 12.2. The van der Waals surface area contributed by atoms with Gasteiger partial charge in [-0.3, -0.25) is 0 Å². The highest BCUT2D eigenvalue weighted by Crippen LogP contribution is 2.33. The fourth-order valence-electron chi connectivity index (χ4n) is 2.95. The lowest BCUT2D eigenvalue weighted by Crippen LogP contribution is -2.22. The second-order valence-corrected chi connectivity index (χ2v) is 5.44. The molecule has 1 nitrogen and oxygen atoms in total. The van der Waals surface area contributed by atoms with E-state index in [4.69, 9.17) is 0 Å². The summed E-state index contributed by atoms with van der Waals surface area (Å²) in [4.78, 5) is 0.